The van der Waals surface area contributed by atoms with Crippen molar-refractivity contribution < 1.29 is 22.7 Å². The van der Waals surface area contributed by atoms with E-state index in [4.69, 9.17) is 0 Å². The molecule has 7 nitrogen and oxygen atoms in total. The molecule has 0 spiro atoms. The minimum atomic E-state index is -3.31. The number of anilines is 1. The standard InChI is InChI=1S/C17H16N2O5S/c1-11(12-4-7-14(8-5-12)25(3,22)23)16(20)19-15-9-6-13(10-18-15)17(21)24-2/h4-10H,1H2,2-3H3,(H,18,19,20). The predicted octanol–water partition coefficient (Wildman–Crippen LogP) is 1.92. The van der Waals surface area contributed by atoms with E-state index in [-0.39, 0.29) is 21.8 Å². The first-order valence-corrected chi connectivity index (χ1v) is 8.96. The van der Waals surface area contributed by atoms with Crippen LogP contribution in [0.1, 0.15) is 15.9 Å². The van der Waals surface area contributed by atoms with Gasteiger partial charge < -0.3 is 10.1 Å². The van der Waals surface area contributed by atoms with Crippen molar-refractivity contribution in [3.8, 4) is 0 Å². The highest BCUT2D eigenvalue weighted by molar-refractivity contribution is 7.90. The van der Waals surface area contributed by atoms with E-state index in [0.717, 1.165) is 6.26 Å². The summed E-state index contributed by atoms with van der Waals surface area (Å²) in [4.78, 5) is 27.7. The Kier molecular flexibility index (Phi) is 5.33. The normalized spacial score (nSPS) is 10.8. The molecule has 25 heavy (non-hydrogen) atoms. The third kappa shape index (κ3) is 4.51. The number of benzene rings is 1. The lowest BCUT2D eigenvalue weighted by molar-refractivity contribution is -0.111. The van der Waals surface area contributed by atoms with Gasteiger partial charge in [0.25, 0.3) is 5.91 Å². The smallest absolute Gasteiger partial charge is 0.339 e. The van der Waals surface area contributed by atoms with Crippen molar-refractivity contribution in [2.45, 2.75) is 4.90 Å². The topological polar surface area (TPSA) is 102 Å². The monoisotopic (exact) mass is 360 g/mol. The largest absolute Gasteiger partial charge is 0.465 e. The van der Waals surface area contributed by atoms with E-state index in [1.807, 2.05) is 0 Å². The summed E-state index contributed by atoms with van der Waals surface area (Å²) < 4.78 is 27.5. The zero-order valence-electron chi connectivity index (χ0n) is 13.6. The Morgan fingerprint density at radius 2 is 1.68 bits per heavy atom. The van der Waals surface area contributed by atoms with Crippen molar-refractivity contribution in [1.29, 1.82) is 0 Å². The highest BCUT2D eigenvalue weighted by atomic mass is 32.2. The van der Waals surface area contributed by atoms with Gasteiger partial charge in [0.2, 0.25) is 0 Å². The summed E-state index contributed by atoms with van der Waals surface area (Å²) >= 11 is 0. The summed E-state index contributed by atoms with van der Waals surface area (Å²) in [5.74, 6) is -0.780. The van der Waals surface area contributed by atoms with Gasteiger partial charge in [-0.15, -0.1) is 0 Å². The number of methoxy groups -OCH3 is 1. The van der Waals surface area contributed by atoms with E-state index < -0.39 is 21.7 Å². The van der Waals surface area contributed by atoms with E-state index >= 15 is 0 Å². The molecule has 0 aliphatic heterocycles. The quantitative estimate of drug-likeness (QED) is 0.645. The molecule has 1 N–H and O–H groups in total. The lowest BCUT2D eigenvalue weighted by atomic mass is 10.1. The molecule has 1 amide bonds. The van der Waals surface area contributed by atoms with E-state index in [9.17, 15) is 18.0 Å². The van der Waals surface area contributed by atoms with Gasteiger partial charge in [-0.25, -0.2) is 18.2 Å². The second-order valence-electron chi connectivity index (χ2n) is 5.15. The average molecular weight is 360 g/mol. The Bertz CT molecular complexity index is 917. The summed E-state index contributed by atoms with van der Waals surface area (Å²) in [7, 11) is -2.04. The van der Waals surface area contributed by atoms with E-state index in [1.54, 1.807) is 0 Å². The van der Waals surface area contributed by atoms with Gasteiger partial charge in [-0.3, -0.25) is 4.79 Å². The number of hydrogen-bond donors (Lipinski definition) is 1. The van der Waals surface area contributed by atoms with Gasteiger partial charge in [0, 0.05) is 18.0 Å². The molecular formula is C17H16N2O5S. The van der Waals surface area contributed by atoms with Gasteiger partial charge in [-0.05, 0) is 29.8 Å². The lowest BCUT2D eigenvalue weighted by Gasteiger charge is -2.08. The number of carbonyl (C=O) groups excluding carboxylic acids is 2. The summed E-state index contributed by atoms with van der Waals surface area (Å²) in [6.07, 6.45) is 2.39. The molecule has 0 fully saturated rings. The van der Waals surface area contributed by atoms with Crippen LogP contribution in [0.15, 0.2) is 54.1 Å². The molecule has 0 radical (unpaired) electrons. The highest BCUT2D eigenvalue weighted by Crippen LogP contribution is 2.18. The van der Waals surface area contributed by atoms with Crippen molar-refractivity contribution in [2.24, 2.45) is 0 Å². The molecule has 1 aromatic carbocycles. The summed E-state index contributed by atoms with van der Waals surface area (Å²) in [6.45, 7) is 3.71. The number of carbonyl (C=O) groups is 2. The first-order valence-electron chi connectivity index (χ1n) is 7.07. The van der Waals surface area contributed by atoms with Crippen LogP contribution in [-0.2, 0) is 19.4 Å². The second-order valence-corrected chi connectivity index (χ2v) is 7.17. The van der Waals surface area contributed by atoms with Crippen molar-refractivity contribution in [3.05, 3.63) is 60.3 Å². The molecule has 0 aliphatic rings. The zero-order valence-corrected chi connectivity index (χ0v) is 14.5. The van der Waals surface area contributed by atoms with Crippen LogP contribution in [0, 0.1) is 0 Å². The number of nitrogens with zero attached hydrogens (tertiary/aromatic N) is 1. The Hall–Kier alpha value is -3.00. The van der Waals surface area contributed by atoms with Crippen molar-refractivity contribution >= 4 is 33.1 Å². The van der Waals surface area contributed by atoms with Crippen molar-refractivity contribution in [1.82, 2.24) is 4.98 Å². The maximum atomic E-state index is 12.2. The second kappa shape index (κ2) is 7.27. The average Bonchev–Trinajstić information content (AvgIpc) is 2.60. The number of esters is 1. The summed E-state index contributed by atoms with van der Waals surface area (Å²) in [6, 6.07) is 8.76. The van der Waals surface area contributed by atoms with Crippen LogP contribution in [0.4, 0.5) is 5.82 Å². The predicted molar refractivity (Wildman–Crippen MR) is 92.8 cm³/mol. The molecule has 0 unspecified atom stereocenters. The summed E-state index contributed by atoms with van der Waals surface area (Å²) in [5, 5.41) is 2.55. The minimum absolute atomic E-state index is 0.152. The molecule has 1 aromatic heterocycles. The molecule has 2 rings (SSSR count). The third-order valence-electron chi connectivity index (χ3n) is 3.33. The van der Waals surface area contributed by atoms with Crippen LogP contribution < -0.4 is 5.32 Å². The van der Waals surface area contributed by atoms with E-state index in [1.165, 1.54) is 49.7 Å². The fraction of sp³-hybridized carbons (Fsp3) is 0.118. The Labute approximate surface area is 145 Å². The van der Waals surface area contributed by atoms with E-state index in [0.29, 0.717) is 5.56 Å². The zero-order chi connectivity index (χ0) is 18.6. The van der Waals surface area contributed by atoms with Gasteiger partial charge in [0.1, 0.15) is 5.82 Å². The van der Waals surface area contributed by atoms with Crippen LogP contribution in [0.25, 0.3) is 5.57 Å². The minimum Gasteiger partial charge on any atom is -0.465 e. The Morgan fingerprint density at radius 3 is 2.16 bits per heavy atom. The highest BCUT2D eigenvalue weighted by Gasteiger charge is 2.13. The van der Waals surface area contributed by atoms with Gasteiger partial charge in [0.05, 0.1) is 17.6 Å². The number of rotatable bonds is 5. The van der Waals surface area contributed by atoms with Crippen LogP contribution >= 0.6 is 0 Å². The van der Waals surface area contributed by atoms with Crippen LogP contribution in [0.2, 0.25) is 0 Å². The molecule has 0 saturated carbocycles. The number of ether oxygens (including phenoxy) is 1. The van der Waals surface area contributed by atoms with Crippen LogP contribution in [-0.4, -0.2) is 38.6 Å². The molecule has 0 saturated heterocycles. The number of nitrogens with one attached hydrogen (secondary N) is 1. The molecule has 0 bridgehead atoms. The van der Waals surface area contributed by atoms with Crippen molar-refractivity contribution in [2.75, 3.05) is 18.7 Å². The maximum Gasteiger partial charge on any atom is 0.339 e. The summed E-state index contributed by atoms with van der Waals surface area (Å²) in [5.41, 5.74) is 0.894. The Balaban J connectivity index is 2.10. The fourth-order valence-corrected chi connectivity index (χ4v) is 2.56. The number of pyridine rings is 1. The number of sulfone groups is 1. The number of hydrogen-bond acceptors (Lipinski definition) is 6. The molecule has 8 heteroatoms. The lowest BCUT2D eigenvalue weighted by Crippen LogP contribution is -2.14. The first-order chi connectivity index (χ1) is 11.7. The van der Waals surface area contributed by atoms with Gasteiger partial charge >= 0.3 is 5.97 Å². The third-order valence-corrected chi connectivity index (χ3v) is 4.46. The molecule has 130 valence electrons. The number of amides is 1. The van der Waals surface area contributed by atoms with Crippen LogP contribution in [0.5, 0.6) is 0 Å². The van der Waals surface area contributed by atoms with Crippen molar-refractivity contribution in [3.63, 3.8) is 0 Å². The Morgan fingerprint density at radius 1 is 1.08 bits per heavy atom. The van der Waals surface area contributed by atoms with Gasteiger partial charge in [0.15, 0.2) is 9.84 Å². The first kappa shape index (κ1) is 18.3. The fourth-order valence-electron chi connectivity index (χ4n) is 1.93. The molecule has 1 heterocycles. The van der Waals surface area contributed by atoms with Crippen LogP contribution in [0.3, 0.4) is 0 Å². The van der Waals surface area contributed by atoms with Gasteiger partial charge in [-0.1, -0.05) is 18.7 Å². The molecule has 0 aliphatic carbocycles. The molecular weight excluding hydrogens is 344 g/mol. The maximum absolute atomic E-state index is 12.2. The SMILES string of the molecule is C=C(C(=O)Nc1ccc(C(=O)OC)cn1)c1ccc(S(C)(=O)=O)cc1. The van der Waals surface area contributed by atoms with E-state index in [2.05, 4.69) is 21.6 Å². The number of aromatic nitrogens is 1. The molecule has 0 atom stereocenters. The molecule has 2 aromatic rings. The van der Waals surface area contributed by atoms with Gasteiger partial charge in [-0.2, -0.15) is 0 Å².